The van der Waals surface area contributed by atoms with E-state index in [-0.39, 0.29) is 23.6 Å². The first-order valence-corrected chi connectivity index (χ1v) is 8.83. The third-order valence-electron chi connectivity index (χ3n) is 4.21. The predicted molar refractivity (Wildman–Crippen MR) is 90.5 cm³/mol. The van der Waals surface area contributed by atoms with Crippen LogP contribution >= 0.6 is 12.4 Å². The van der Waals surface area contributed by atoms with Gasteiger partial charge in [0.25, 0.3) is 0 Å². The number of rotatable bonds is 6. The van der Waals surface area contributed by atoms with Crippen molar-refractivity contribution in [2.45, 2.75) is 18.2 Å². The SMILES string of the molecule is COc1cccc(S(=O)(=O)CCN2CCC(C)(CN)C2)c1.Cl. The molecule has 22 heavy (non-hydrogen) atoms. The molecular weight excluding hydrogens is 324 g/mol. The smallest absolute Gasteiger partial charge is 0.179 e. The van der Waals surface area contributed by atoms with Gasteiger partial charge in [-0.3, -0.25) is 0 Å². The van der Waals surface area contributed by atoms with Crippen molar-refractivity contribution in [2.75, 3.05) is 39.0 Å². The number of halogens is 1. The molecule has 1 unspecified atom stereocenters. The molecule has 0 amide bonds. The maximum absolute atomic E-state index is 12.4. The minimum atomic E-state index is -3.28. The van der Waals surface area contributed by atoms with E-state index in [2.05, 4.69) is 11.8 Å². The van der Waals surface area contributed by atoms with Gasteiger partial charge in [-0.25, -0.2) is 8.42 Å². The van der Waals surface area contributed by atoms with Crippen LogP contribution in [-0.2, 0) is 9.84 Å². The van der Waals surface area contributed by atoms with Crippen LogP contribution in [0.15, 0.2) is 29.2 Å². The first-order chi connectivity index (χ1) is 9.88. The molecule has 5 nitrogen and oxygen atoms in total. The normalized spacial score (nSPS) is 22.3. The lowest BCUT2D eigenvalue weighted by Crippen LogP contribution is -2.33. The Kier molecular flexibility index (Phi) is 6.67. The van der Waals surface area contributed by atoms with Gasteiger partial charge in [0.15, 0.2) is 9.84 Å². The second-order valence-corrected chi connectivity index (χ2v) is 8.15. The van der Waals surface area contributed by atoms with Crippen LogP contribution in [0, 0.1) is 5.41 Å². The number of nitrogens with two attached hydrogens (primary N) is 1. The van der Waals surface area contributed by atoms with Gasteiger partial charge in [-0.2, -0.15) is 0 Å². The average molecular weight is 349 g/mol. The van der Waals surface area contributed by atoms with Crippen LogP contribution in [0.5, 0.6) is 5.75 Å². The number of ether oxygens (including phenoxy) is 1. The quantitative estimate of drug-likeness (QED) is 0.844. The summed E-state index contributed by atoms with van der Waals surface area (Å²) in [6.45, 7) is 5.14. The van der Waals surface area contributed by atoms with Crippen LogP contribution in [0.25, 0.3) is 0 Å². The van der Waals surface area contributed by atoms with Crippen molar-refractivity contribution in [3.63, 3.8) is 0 Å². The summed E-state index contributed by atoms with van der Waals surface area (Å²) in [6, 6.07) is 6.63. The monoisotopic (exact) mass is 348 g/mol. The van der Waals surface area contributed by atoms with E-state index in [0.29, 0.717) is 23.7 Å². The van der Waals surface area contributed by atoms with Crippen LogP contribution < -0.4 is 10.5 Å². The molecule has 2 rings (SSSR count). The fraction of sp³-hybridized carbons (Fsp3) is 0.600. The van der Waals surface area contributed by atoms with Crippen molar-refractivity contribution in [3.05, 3.63) is 24.3 Å². The maximum atomic E-state index is 12.4. The molecule has 126 valence electrons. The summed E-state index contributed by atoms with van der Waals surface area (Å²) in [4.78, 5) is 2.51. The van der Waals surface area contributed by atoms with E-state index in [4.69, 9.17) is 10.5 Å². The first kappa shape index (κ1) is 19.2. The van der Waals surface area contributed by atoms with Crippen LogP contribution in [-0.4, -0.2) is 52.4 Å². The van der Waals surface area contributed by atoms with E-state index in [1.807, 2.05) is 0 Å². The summed E-state index contributed by atoms with van der Waals surface area (Å²) in [5, 5.41) is 0. The number of methoxy groups -OCH3 is 1. The van der Waals surface area contributed by atoms with E-state index < -0.39 is 9.84 Å². The lowest BCUT2D eigenvalue weighted by Gasteiger charge is -2.22. The fourth-order valence-corrected chi connectivity index (χ4v) is 3.96. The third kappa shape index (κ3) is 4.59. The van der Waals surface area contributed by atoms with E-state index in [9.17, 15) is 8.42 Å². The molecule has 0 saturated carbocycles. The highest BCUT2D eigenvalue weighted by Gasteiger charge is 2.32. The van der Waals surface area contributed by atoms with Crippen molar-refractivity contribution >= 4 is 22.2 Å². The lowest BCUT2D eigenvalue weighted by atomic mass is 9.90. The largest absolute Gasteiger partial charge is 0.497 e. The molecule has 7 heteroatoms. The van der Waals surface area contributed by atoms with Crippen molar-refractivity contribution in [1.82, 2.24) is 4.90 Å². The maximum Gasteiger partial charge on any atom is 0.179 e. The minimum absolute atomic E-state index is 0. The fourth-order valence-electron chi connectivity index (χ4n) is 2.65. The molecule has 1 aromatic rings. The predicted octanol–water partition coefficient (Wildman–Crippen LogP) is 1.56. The Morgan fingerprint density at radius 2 is 2.14 bits per heavy atom. The molecule has 0 radical (unpaired) electrons. The highest BCUT2D eigenvalue weighted by Crippen LogP contribution is 2.28. The van der Waals surface area contributed by atoms with Crippen molar-refractivity contribution < 1.29 is 13.2 Å². The zero-order valence-electron chi connectivity index (χ0n) is 13.1. The van der Waals surface area contributed by atoms with E-state index in [0.717, 1.165) is 19.5 Å². The zero-order chi connectivity index (χ0) is 15.5. The number of sulfone groups is 1. The zero-order valence-corrected chi connectivity index (χ0v) is 14.8. The average Bonchev–Trinajstić information content (AvgIpc) is 2.88. The number of hydrogen-bond donors (Lipinski definition) is 1. The standard InChI is InChI=1S/C15H24N2O3S.ClH/c1-15(11-16)6-7-17(12-15)8-9-21(18,19)14-5-3-4-13(10-14)20-2;/h3-5,10H,6-9,11-12,16H2,1-2H3;1H. The summed E-state index contributed by atoms with van der Waals surface area (Å²) in [7, 11) is -1.75. The van der Waals surface area contributed by atoms with Gasteiger partial charge in [0.2, 0.25) is 0 Å². The van der Waals surface area contributed by atoms with Crippen molar-refractivity contribution in [2.24, 2.45) is 11.1 Å². The number of hydrogen-bond acceptors (Lipinski definition) is 5. The second kappa shape index (κ2) is 7.64. The summed E-state index contributed by atoms with van der Waals surface area (Å²) in [5.74, 6) is 0.689. The van der Waals surface area contributed by atoms with Gasteiger partial charge in [0.05, 0.1) is 17.8 Å². The summed E-state index contributed by atoms with van der Waals surface area (Å²) in [5.41, 5.74) is 5.90. The summed E-state index contributed by atoms with van der Waals surface area (Å²) >= 11 is 0. The number of benzene rings is 1. The Morgan fingerprint density at radius 3 is 2.73 bits per heavy atom. The van der Waals surface area contributed by atoms with Crippen molar-refractivity contribution in [1.29, 1.82) is 0 Å². The molecule has 1 heterocycles. The minimum Gasteiger partial charge on any atom is -0.497 e. The molecule has 1 atom stereocenters. The second-order valence-electron chi connectivity index (χ2n) is 6.04. The lowest BCUT2D eigenvalue weighted by molar-refractivity contribution is 0.291. The Balaban J connectivity index is 0.00000242. The van der Waals surface area contributed by atoms with Gasteiger partial charge in [0, 0.05) is 13.1 Å². The topological polar surface area (TPSA) is 72.6 Å². The highest BCUT2D eigenvalue weighted by molar-refractivity contribution is 7.91. The van der Waals surface area contributed by atoms with Crippen molar-refractivity contribution in [3.8, 4) is 5.75 Å². The Hall–Kier alpha value is -0.820. The number of nitrogens with zero attached hydrogens (tertiary/aromatic N) is 1. The molecule has 0 aliphatic carbocycles. The summed E-state index contributed by atoms with van der Waals surface area (Å²) < 4.78 is 29.8. The van der Waals surface area contributed by atoms with Crippen LogP contribution in [0.1, 0.15) is 13.3 Å². The molecule has 2 N–H and O–H groups in total. The molecule has 1 aliphatic heterocycles. The van der Waals surface area contributed by atoms with Gasteiger partial charge >= 0.3 is 0 Å². The van der Waals surface area contributed by atoms with Gasteiger partial charge < -0.3 is 15.4 Å². The van der Waals surface area contributed by atoms with E-state index in [1.165, 1.54) is 7.11 Å². The molecule has 1 aliphatic rings. The molecule has 1 fully saturated rings. The molecule has 1 saturated heterocycles. The van der Waals surface area contributed by atoms with Gasteiger partial charge in [-0.1, -0.05) is 13.0 Å². The molecular formula is C15H25ClN2O3S. The molecule has 0 aromatic heterocycles. The van der Waals surface area contributed by atoms with Gasteiger partial charge in [-0.05, 0) is 43.1 Å². The Morgan fingerprint density at radius 1 is 1.41 bits per heavy atom. The van der Waals surface area contributed by atoms with Gasteiger partial charge in [0.1, 0.15) is 5.75 Å². The molecule has 0 bridgehead atoms. The van der Waals surface area contributed by atoms with E-state index in [1.54, 1.807) is 24.3 Å². The Bertz CT molecular complexity index is 594. The summed E-state index contributed by atoms with van der Waals surface area (Å²) in [6.07, 6.45) is 1.03. The number of likely N-dealkylation sites (tertiary alicyclic amines) is 1. The van der Waals surface area contributed by atoms with Crippen LogP contribution in [0.2, 0.25) is 0 Å². The molecule has 1 aromatic carbocycles. The molecule has 0 spiro atoms. The van der Waals surface area contributed by atoms with Gasteiger partial charge in [-0.15, -0.1) is 12.4 Å². The highest BCUT2D eigenvalue weighted by atomic mass is 35.5. The first-order valence-electron chi connectivity index (χ1n) is 7.18. The van der Waals surface area contributed by atoms with Crippen LogP contribution in [0.4, 0.5) is 0 Å². The van der Waals surface area contributed by atoms with Crippen LogP contribution in [0.3, 0.4) is 0 Å². The third-order valence-corrected chi connectivity index (χ3v) is 5.90. The Labute approximate surface area is 139 Å². The van der Waals surface area contributed by atoms with E-state index >= 15 is 0 Å².